The summed E-state index contributed by atoms with van der Waals surface area (Å²) < 4.78 is 17.8. The van der Waals surface area contributed by atoms with Gasteiger partial charge in [0.2, 0.25) is 0 Å². The summed E-state index contributed by atoms with van der Waals surface area (Å²) in [6.07, 6.45) is 0.741. The van der Waals surface area contributed by atoms with Gasteiger partial charge in [-0.25, -0.2) is 4.39 Å². The molecule has 0 saturated carbocycles. The second-order valence-corrected chi connectivity index (χ2v) is 3.97. The van der Waals surface area contributed by atoms with E-state index < -0.39 is 0 Å². The summed E-state index contributed by atoms with van der Waals surface area (Å²) in [6.45, 7) is 3.23. The lowest BCUT2D eigenvalue weighted by atomic mass is 10.2. The molecule has 3 nitrogen and oxygen atoms in total. The topological polar surface area (TPSA) is 32.7 Å². The molecule has 0 heterocycles. The normalized spacial score (nSPS) is 11.1. The molecule has 0 aliphatic carbocycles. The van der Waals surface area contributed by atoms with Crippen molar-refractivity contribution in [2.75, 3.05) is 33.4 Å². The van der Waals surface area contributed by atoms with Gasteiger partial charge >= 0.3 is 0 Å². The number of ether oxygens (including phenoxy) is 1. The van der Waals surface area contributed by atoms with E-state index in [0.29, 0.717) is 6.61 Å². The molecule has 0 aliphatic heterocycles. The van der Waals surface area contributed by atoms with Gasteiger partial charge in [-0.3, -0.25) is 4.90 Å². The summed E-state index contributed by atoms with van der Waals surface area (Å²) in [5.74, 6) is -0.215. The van der Waals surface area contributed by atoms with Gasteiger partial charge in [-0.05, 0) is 24.1 Å². The van der Waals surface area contributed by atoms with Crippen LogP contribution in [-0.2, 0) is 11.3 Å². The summed E-state index contributed by atoms with van der Waals surface area (Å²) in [6, 6.07) is 6.51. The Hall–Kier alpha value is -0.970. The molecule has 0 aromatic heterocycles. The molecule has 0 saturated heterocycles. The number of aliphatic hydroxyl groups excluding tert-OH is 1. The first-order valence-corrected chi connectivity index (χ1v) is 5.83. The van der Waals surface area contributed by atoms with Crippen LogP contribution in [0.1, 0.15) is 12.0 Å². The van der Waals surface area contributed by atoms with Crippen molar-refractivity contribution in [1.82, 2.24) is 4.90 Å². The van der Waals surface area contributed by atoms with Gasteiger partial charge in [0.15, 0.2) is 0 Å². The van der Waals surface area contributed by atoms with Crippen molar-refractivity contribution in [2.45, 2.75) is 13.0 Å². The van der Waals surface area contributed by atoms with E-state index in [1.54, 1.807) is 19.2 Å². The highest BCUT2D eigenvalue weighted by Gasteiger charge is 2.05. The molecule has 1 aromatic carbocycles. The van der Waals surface area contributed by atoms with Gasteiger partial charge in [-0.1, -0.05) is 12.1 Å². The third-order valence-electron chi connectivity index (χ3n) is 2.56. The van der Waals surface area contributed by atoms with E-state index in [9.17, 15) is 4.39 Å². The standard InChI is InChI=1S/C13H20FNO2/c1-17-10-8-15(7-2-9-16)11-12-3-5-13(14)6-4-12/h3-6,16H,2,7-11H2,1H3. The Kier molecular flexibility index (Phi) is 6.77. The zero-order chi connectivity index (χ0) is 12.5. The molecule has 0 atom stereocenters. The lowest BCUT2D eigenvalue weighted by Gasteiger charge is -2.21. The third kappa shape index (κ3) is 5.77. The molecule has 0 spiro atoms. The fourth-order valence-electron chi connectivity index (χ4n) is 1.63. The Morgan fingerprint density at radius 2 is 1.94 bits per heavy atom. The highest BCUT2D eigenvalue weighted by atomic mass is 19.1. The molecule has 96 valence electrons. The first-order chi connectivity index (χ1) is 8.26. The minimum Gasteiger partial charge on any atom is -0.396 e. The van der Waals surface area contributed by atoms with Crippen LogP contribution < -0.4 is 0 Å². The second kappa shape index (κ2) is 8.17. The molecule has 0 unspecified atom stereocenters. The van der Waals surface area contributed by atoms with Crippen LogP contribution in [0, 0.1) is 5.82 Å². The predicted molar refractivity (Wildman–Crippen MR) is 65.3 cm³/mol. The summed E-state index contributed by atoms with van der Waals surface area (Å²) in [4.78, 5) is 2.19. The average molecular weight is 241 g/mol. The van der Waals surface area contributed by atoms with Crippen LogP contribution in [0.25, 0.3) is 0 Å². The highest BCUT2D eigenvalue weighted by Crippen LogP contribution is 2.07. The van der Waals surface area contributed by atoms with Crippen molar-refractivity contribution in [2.24, 2.45) is 0 Å². The van der Waals surface area contributed by atoms with Gasteiger partial charge in [0.1, 0.15) is 5.82 Å². The van der Waals surface area contributed by atoms with Crippen LogP contribution in [-0.4, -0.2) is 43.4 Å². The minimum atomic E-state index is -0.215. The maximum absolute atomic E-state index is 12.8. The van der Waals surface area contributed by atoms with E-state index in [4.69, 9.17) is 9.84 Å². The molecule has 1 rings (SSSR count). The minimum absolute atomic E-state index is 0.187. The second-order valence-electron chi connectivity index (χ2n) is 3.97. The Morgan fingerprint density at radius 1 is 1.24 bits per heavy atom. The Labute approximate surface area is 102 Å². The van der Waals surface area contributed by atoms with Crippen LogP contribution in [0.2, 0.25) is 0 Å². The van der Waals surface area contributed by atoms with E-state index >= 15 is 0 Å². The molecule has 1 aromatic rings. The van der Waals surface area contributed by atoms with Crippen LogP contribution >= 0.6 is 0 Å². The van der Waals surface area contributed by atoms with Crippen molar-refractivity contribution in [3.8, 4) is 0 Å². The van der Waals surface area contributed by atoms with Crippen LogP contribution in [0.3, 0.4) is 0 Å². The van der Waals surface area contributed by atoms with Gasteiger partial charge in [0.25, 0.3) is 0 Å². The molecule has 4 heteroatoms. The number of hydrogen-bond donors (Lipinski definition) is 1. The van der Waals surface area contributed by atoms with Crippen LogP contribution in [0.5, 0.6) is 0 Å². The molecular weight excluding hydrogens is 221 g/mol. The van der Waals surface area contributed by atoms with E-state index in [-0.39, 0.29) is 12.4 Å². The maximum Gasteiger partial charge on any atom is 0.123 e. The molecule has 0 bridgehead atoms. The first kappa shape index (κ1) is 14.1. The van der Waals surface area contributed by atoms with Gasteiger partial charge in [-0.15, -0.1) is 0 Å². The molecule has 0 fully saturated rings. The lowest BCUT2D eigenvalue weighted by Crippen LogP contribution is -2.28. The van der Waals surface area contributed by atoms with Crippen LogP contribution in [0.15, 0.2) is 24.3 Å². The fourth-order valence-corrected chi connectivity index (χ4v) is 1.63. The number of benzene rings is 1. The van der Waals surface area contributed by atoms with E-state index in [0.717, 1.165) is 31.6 Å². The number of hydrogen-bond acceptors (Lipinski definition) is 3. The molecule has 0 aliphatic rings. The number of rotatable bonds is 8. The van der Waals surface area contributed by atoms with Crippen molar-refractivity contribution in [3.63, 3.8) is 0 Å². The van der Waals surface area contributed by atoms with Crippen molar-refractivity contribution in [3.05, 3.63) is 35.6 Å². The maximum atomic E-state index is 12.8. The first-order valence-electron chi connectivity index (χ1n) is 5.83. The Bertz CT molecular complexity index is 295. The number of halogens is 1. The van der Waals surface area contributed by atoms with Crippen molar-refractivity contribution < 1.29 is 14.2 Å². The number of nitrogens with zero attached hydrogens (tertiary/aromatic N) is 1. The number of aliphatic hydroxyl groups is 1. The summed E-state index contributed by atoms with van der Waals surface area (Å²) in [5, 5.41) is 8.84. The van der Waals surface area contributed by atoms with Crippen LogP contribution in [0.4, 0.5) is 4.39 Å². The third-order valence-corrected chi connectivity index (χ3v) is 2.56. The lowest BCUT2D eigenvalue weighted by molar-refractivity contribution is 0.137. The molecule has 0 radical (unpaired) electrons. The van der Waals surface area contributed by atoms with Crippen molar-refractivity contribution in [1.29, 1.82) is 0 Å². The largest absolute Gasteiger partial charge is 0.396 e. The van der Waals surface area contributed by atoms with E-state index in [1.807, 2.05) is 0 Å². The predicted octanol–water partition coefficient (Wildman–Crippen LogP) is 1.66. The smallest absolute Gasteiger partial charge is 0.123 e. The fraction of sp³-hybridized carbons (Fsp3) is 0.538. The van der Waals surface area contributed by atoms with Gasteiger partial charge < -0.3 is 9.84 Å². The van der Waals surface area contributed by atoms with Crippen molar-refractivity contribution >= 4 is 0 Å². The number of methoxy groups -OCH3 is 1. The van der Waals surface area contributed by atoms with Gasteiger partial charge in [0.05, 0.1) is 6.61 Å². The zero-order valence-electron chi connectivity index (χ0n) is 10.2. The molecule has 0 amide bonds. The van der Waals surface area contributed by atoms with Gasteiger partial charge in [-0.2, -0.15) is 0 Å². The monoisotopic (exact) mass is 241 g/mol. The molecular formula is C13H20FNO2. The summed E-state index contributed by atoms with van der Waals surface area (Å²) in [5.41, 5.74) is 1.07. The molecule has 17 heavy (non-hydrogen) atoms. The summed E-state index contributed by atoms with van der Waals surface area (Å²) >= 11 is 0. The quantitative estimate of drug-likeness (QED) is 0.751. The molecule has 1 N–H and O–H groups in total. The average Bonchev–Trinajstić information content (AvgIpc) is 2.35. The summed E-state index contributed by atoms with van der Waals surface area (Å²) in [7, 11) is 1.67. The SMILES string of the molecule is COCCN(CCCO)Cc1ccc(F)cc1. The Balaban J connectivity index is 2.48. The van der Waals surface area contributed by atoms with E-state index in [2.05, 4.69) is 4.90 Å². The van der Waals surface area contributed by atoms with E-state index in [1.165, 1.54) is 12.1 Å². The highest BCUT2D eigenvalue weighted by molar-refractivity contribution is 5.15. The zero-order valence-corrected chi connectivity index (χ0v) is 10.2. The Morgan fingerprint density at radius 3 is 2.53 bits per heavy atom. The van der Waals surface area contributed by atoms with Gasteiger partial charge in [0, 0.05) is 33.4 Å².